The van der Waals surface area contributed by atoms with Crippen molar-refractivity contribution >= 4 is 5.97 Å². The molecule has 0 saturated heterocycles. The SMILES string of the molecule is C[C@H](O)c1nccn1Cc1cc(-c2ccc(C#CCCC(=O)O)cc2)on1. The molecule has 2 heterocycles. The zero-order valence-corrected chi connectivity index (χ0v) is 14.8. The van der Waals surface area contributed by atoms with Crippen LogP contribution in [-0.2, 0) is 11.3 Å². The maximum absolute atomic E-state index is 10.5. The predicted molar refractivity (Wildman–Crippen MR) is 97.6 cm³/mol. The molecule has 0 aliphatic rings. The van der Waals surface area contributed by atoms with Gasteiger partial charge in [0.25, 0.3) is 0 Å². The molecule has 2 N–H and O–H groups in total. The van der Waals surface area contributed by atoms with E-state index < -0.39 is 12.1 Å². The molecule has 3 aromatic rings. The van der Waals surface area contributed by atoms with Gasteiger partial charge in [0.05, 0.1) is 13.0 Å². The fourth-order valence-corrected chi connectivity index (χ4v) is 2.57. The Hall–Kier alpha value is -3.37. The van der Waals surface area contributed by atoms with Crippen molar-refractivity contribution in [1.82, 2.24) is 14.7 Å². The van der Waals surface area contributed by atoms with Gasteiger partial charge in [-0.2, -0.15) is 0 Å². The minimum Gasteiger partial charge on any atom is -0.481 e. The summed E-state index contributed by atoms with van der Waals surface area (Å²) in [6, 6.07) is 9.31. The molecule has 0 spiro atoms. The smallest absolute Gasteiger partial charge is 0.304 e. The first-order valence-electron chi connectivity index (χ1n) is 8.48. The number of imidazole rings is 1. The van der Waals surface area contributed by atoms with Crippen LogP contribution in [0.3, 0.4) is 0 Å². The number of rotatable bonds is 6. The van der Waals surface area contributed by atoms with Crippen molar-refractivity contribution in [2.24, 2.45) is 0 Å². The van der Waals surface area contributed by atoms with Crippen LogP contribution < -0.4 is 0 Å². The van der Waals surface area contributed by atoms with Crippen LogP contribution >= 0.6 is 0 Å². The normalized spacial score (nSPS) is 11.6. The summed E-state index contributed by atoms with van der Waals surface area (Å²) in [5.41, 5.74) is 2.40. The Balaban J connectivity index is 1.67. The van der Waals surface area contributed by atoms with E-state index in [9.17, 15) is 9.90 Å². The molecule has 0 amide bonds. The van der Waals surface area contributed by atoms with Crippen molar-refractivity contribution in [1.29, 1.82) is 0 Å². The molecule has 2 aromatic heterocycles. The van der Waals surface area contributed by atoms with Gasteiger partial charge in [-0.3, -0.25) is 4.79 Å². The van der Waals surface area contributed by atoms with Gasteiger partial charge in [-0.15, -0.1) is 0 Å². The summed E-state index contributed by atoms with van der Waals surface area (Å²) in [5, 5.41) is 22.4. The van der Waals surface area contributed by atoms with E-state index >= 15 is 0 Å². The second kappa shape index (κ2) is 8.34. The summed E-state index contributed by atoms with van der Waals surface area (Å²) < 4.78 is 7.24. The lowest BCUT2D eigenvalue weighted by Crippen LogP contribution is -2.07. The number of aliphatic hydroxyl groups is 1. The molecule has 27 heavy (non-hydrogen) atoms. The van der Waals surface area contributed by atoms with Gasteiger partial charge in [0, 0.05) is 36.0 Å². The van der Waals surface area contributed by atoms with Crippen LogP contribution in [0, 0.1) is 11.8 Å². The topological polar surface area (TPSA) is 101 Å². The Bertz CT molecular complexity index is 975. The molecule has 7 nitrogen and oxygen atoms in total. The minimum atomic E-state index is -0.850. The van der Waals surface area contributed by atoms with E-state index in [-0.39, 0.29) is 6.42 Å². The van der Waals surface area contributed by atoms with E-state index in [2.05, 4.69) is 22.0 Å². The summed E-state index contributed by atoms with van der Waals surface area (Å²) in [6.45, 7) is 2.12. The van der Waals surface area contributed by atoms with Crippen LogP contribution in [0.25, 0.3) is 11.3 Å². The van der Waals surface area contributed by atoms with Crippen molar-refractivity contribution in [3.05, 3.63) is 59.8 Å². The zero-order chi connectivity index (χ0) is 19.2. The van der Waals surface area contributed by atoms with E-state index in [0.29, 0.717) is 24.6 Å². The van der Waals surface area contributed by atoms with Crippen molar-refractivity contribution in [2.75, 3.05) is 0 Å². The molecule has 0 aliphatic heterocycles. The molecule has 1 atom stereocenters. The number of benzene rings is 1. The summed E-state index contributed by atoms with van der Waals surface area (Å²) in [5.74, 6) is 6.13. The first kappa shape index (κ1) is 18.4. The molecule has 7 heteroatoms. The van der Waals surface area contributed by atoms with E-state index in [4.69, 9.17) is 9.63 Å². The Morgan fingerprint density at radius 2 is 2.11 bits per heavy atom. The molecule has 0 aliphatic carbocycles. The third-order valence-electron chi connectivity index (χ3n) is 3.88. The van der Waals surface area contributed by atoms with Gasteiger partial charge in [-0.05, 0) is 31.2 Å². The summed E-state index contributed by atoms with van der Waals surface area (Å²) in [7, 11) is 0. The number of aliphatic carboxylic acids is 1. The van der Waals surface area contributed by atoms with Gasteiger partial charge in [-0.1, -0.05) is 17.0 Å². The fourth-order valence-electron chi connectivity index (χ4n) is 2.57. The highest BCUT2D eigenvalue weighted by atomic mass is 16.5. The van der Waals surface area contributed by atoms with Crippen LogP contribution in [-0.4, -0.2) is 30.9 Å². The average Bonchev–Trinajstić information content (AvgIpc) is 3.29. The fraction of sp³-hybridized carbons (Fsp3) is 0.250. The first-order valence-corrected chi connectivity index (χ1v) is 8.48. The van der Waals surface area contributed by atoms with Crippen LogP contribution in [0.5, 0.6) is 0 Å². The molecule has 0 bridgehead atoms. The number of carbonyl (C=O) groups is 1. The molecular weight excluding hydrogens is 346 g/mol. The zero-order valence-electron chi connectivity index (χ0n) is 14.8. The standard InChI is InChI=1S/C20H19N3O4/c1-14(24)20-21-10-11-23(20)13-17-12-18(27-22-17)16-8-6-15(7-9-16)4-2-3-5-19(25)26/h6-12,14,24H,3,5,13H2,1H3,(H,25,26)/t14-/m0/s1. The highest BCUT2D eigenvalue weighted by Gasteiger charge is 2.12. The Labute approximate surface area is 156 Å². The number of aliphatic hydroxyl groups excluding tert-OH is 1. The van der Waals surface area contributed by atoms with Crippen LogP contribution in [0.15, 0.2) is 47.2 Å². The summed E-state index contributed by atoms with van der Waals surface area (Å²) in [4.78, 5) is 14.6. The van der Waals surface area contributed by atoms with Crippen LogP contribution in [0.4, 0.5) is 0 Å². The number of hydrogen-bond donors (Lipinski definition) is 2. The Morgan fingerprint density at radius 1 is 1.33 bits per heavy atom. The van der Waals surface area contributed by atoms with Gasteiger partial charge in [-0.25, -0.2) is 4.98 Å². The lowest BCUT2D eigenvalue weighted by atomic mass is 10.1. The molecule has 0 fully saturated rings. The quantitative estimate of drug-likeness (QED) is 0.652. The minimum absolute atomic E-state index is 0.0413. The Kier molecular flexibility index (Phi) is 5.69. The molecule has 0 unspecified atom stereocenters. The second-order valence-corrected chi connectivity index (χ2v) is 6.04. The highest BCUT2D eigenvalue weighted by molar-refractivity contribution is 5.67. The van der Waals surface area contributed by atoms with Crippen molar-refractivity contribution in [2.45, 2.75) is 32.4 Å². The van der Waals surface area contributed by atoms with Crippen LogP contribution in [0.2, 0.25) is 0 Å². The largest absolute Gasteiger partial charge is 0.481 e. The maximum Gasteiger partial charge on any atom is 0.304 e. The predicted octanol–water partition coefficient (Wildman–Crippen LogP) is 2.86. The van der Waals surface area contributed by atoms with Gasteiger partial charge in [0.1, 0.15) is 17.6 Å². The van der Waals surface area contributed by atoms with Gasteiger partial charge in [0.2, 0.25) is 0 Å². The van der Waals surface area contributed by atoms with Gasteiger partial charge < -0.3 is 19.3 Å². The first-order chi connectivity index (χ1) is 13.0. The maximum atomic E-state index is 10.5. The van der Waals surface area contributed by atoms with E-state index in [0.717, 1.165) is 16.8 Å². The molecule has 0 saturated carbocycles. The lowest BCUT2D eigenvalue weighted by Gasteiger charge is -2.07. The van der Waals surface area contributed by atoms with Crippen LogP contribution in [0.1, 0.15) is 43.0 Å². The van der Waals surface area contributed by atoms with Crippen molar-refractivity contribution in [3.63, 3.8) is 0 Å². The van der Waals surface area contributed by atoms with Gasteiger partial charge >= 0.3 is 5.97 Å². The summed E-state index contributed by atoms with van der Waals surface area (Å²) in [6.07, 6.45) is 3.13. The summed E-state index contributed by atoms with van der Waals surface area (Å²) >= 11 is 0. The third-order valence-corrected chi connectivity index (χ3v) is 3.88. The number of carboxylic acid groups (broad SMARTS) is 1. The second-order valence-electron chi connectivity index (χ2n) is 6.04. The highest BCUT2D eigenvalue weighted by Crippen LogP contribution is 2.22. The van der Waals surface area contributed by atoms with E-state index in [1.54, 1.807) is 19.3 Å². The third kappa shape index (κ3) is 4.84. The molecule has 3 rings (SSSR count). The number of aromatic nitrogens is 3. The van der Waals surface area contributed by atoms with Crippen molar-refractivity contribution < 1.29 is 19.5 Å². The molecule has 138 valence electrons. The monoisotopic (exact) mass is 365 g/mol. The molecule has 0 radical (unpaired) electrons. The van der Waals surface area contributed by atoms with Gasteiger partial charge in [0.15, 0.2) is 5.76 Å². The lowest BCUT2D eigenvalue weighted by molar-refractivity contribution is -0.136. The molecule has 1 aromatic carbocycles. The molecular formula is C20H19N3O4. The average molecular weight is 365 g/mol. The number of carboxylic acids is 1. The number of nitrogens with zero attached hydrogens (tertiary/aromatic N) is 3. The number of hydrogen-bond acceptors (Lipinski definition) is 5. The Morgan fingerprint density at radius 3 is 2.81 bits per heavy atom. The van der Waals surface area contributed by atoms with E-state index in [1.165, 1.54) is 0 Å². The van der Waals surface area contributed by atoms with E-state index in [1.807, 2.05) is 34.9 Å². The van der Waals surface area contributed by atoms with Crippen molar-refractivity contribution in [3.8, 4) is 23.2 Å².